The maximum Gasteiger partial charge on any atom is 0.253 e. The van der Waals surface area contributed by atoms with Gasteiger partial charge in [-0.05, 0) is 31.2 Å². The van der Waals surface area contributed by atoms with Crippen LogP contribution in [0.3, 0.4) is 0 Å². The van der Waals surface area contributed by atoms with E-state index in [1.807, 2.05) is 42.2 Å². The zero-order chi connectivity index (χ0) is 15.5. The van der Waals surface area contributed by atoms with E-state index in [0.29, 0.717) is 25.2 Å². The van der Waals surface area contributed by atoms with Gasteiger partial charge in [-0.25, -0.2) is 0 Å². The molecule has 1 amide bonds. The number of rotatable bonds is 3. The Hall–Kier alpha value is -1.98. The summed E-state index contributed by atoms with van der Waals surface area (Å²) in [5.74, 6) is 0.0751. The van der Waals surface area contributed by atoms with Crippen molar-refractivity contribution >= 4 is 16.8 Å². The van der Waals surface area contributed by atoms with E-state index >= 15 is 0 Å². The van der Waals surface area contributed by atoms with Gasteiger partial charge in [-0.15, -0.1) is 0 Å². The molecule has 1 fully saturated rings. The van der Waals surface area contributed by atoms with Crippen molar-refractivity contribution in [1.82, 2.24) is 14.8 Å². The van der Waals surface area contributed by atoms with E-state index in [1.165, 1.54) is 0 Å². The monoisotopic (exact) mass is 299 g/mol. The molecule has 2 heterocycles. The van der Waals surface area contributed by atoms with Crippen LogP contribution in [0.2, 0.25) is 0 Å². The van der Waals surface area contributed by atoms with Gasteiger partial charge in [0.1, 0.15) is 0 Å². The average molecular weight is 299 g/mol. The van der Waals surface area contributed by atoms with Gasteiger partial charge in [-0.1, -0.05) is 6.07 Å². The zero-order valence-electron chi connectivity index (χ0n) is 12.8. The van der Waals surface area contributed by atoms with Crippen LogP contribution in [-0.2, 0) is 0 Å². The number of aryl methyl sites for hydroxylation is 1. The zero-order valence-corrected chi connectivity index (χ0v) is 12.8. The average Bonchev–Trinajstić information content (AvgIpc) is 2.55. The third kappa shape index (κ3) is 3.10. The smallest absolute Gasteiger partial charge is 0.253 e. The highest BCUT2D eigenvalue weighted by Gasteiger charge is 2.21. The summed E-state index contributed by atoms with van der Waals surface area (Å²) in [5.41, 5.74) is 2.62. The molecule has 0 saturated carbocycles. The normalized spacial score (nSPS) is 16.2. The molecule has 1 aliphatic rings. The Bertz CT molecular complexity index is 679. The van der Waals surface area contributed by atoms with Gasteiger partial charge in [-0.3, -0.25) is 14.7 Å². The van der Waals surface area contributed by atoms with Crippen LogP contribution in [0.5, 0.6) is 0 Å². The number of amides is 1. The summed E-state index contributed by atoms with van der Waals surface area (Å²) < 4.78 is 0. The molecule has 5 nitrogen and oxygen atoms in total. The van der Waals surface area contributed by atoms with Gasteiger partial charge < -0.3 is 10.0 Å². The molecule has 0 radical (unpaired) electrons. The molecule has 22 heavy (non-hydrogen) atoms. The second kappa shape index (κ2) is 6.42. The second-order valence-electron chi connectivity index (χ2n) is 5.72. The molecule has 0 bridgehead atoms. The minimum absolute atomic E-state index is 0.0751. The molecular formula is C17H21N3O2. The number of aliphatic hydroxyl groups is 1. The lowest BCUT2D eigenvalue weighted by Crippen LogP contribution is -2.49. The lowest BCUT2D eigenvalue weighted by atomic mass is 10.1. The van der Waals surface area contributed by atoms with Crippen molar-refractivity contribution in [3.8, 4) is 0 Å². The largest absolute Gasteiger partial charge is 0.395 e. The molecule has 0 unspecified atom stereocenters. The number of piperazine rings is 1. The Morgan fingerprint density at radius 2 is 1.95 bits per heavy atom. The summed E-state index contributed by atoms with van der Waals surface area (Å²) in [5, 5.41) is 9.96. The van der Waals surface area contributed by atoms with Crippen LogP contribution in [0.15, 0.2) is 30.3 Å². The fraction of sp³-hybridized carbons (Fsp3) is 0.412. The summed E-state index contributed by atoms with van der Waals surface area (Å²) in [4.78, 5) is 21.1. The Balaban J connectivity index is 1.74. The van der Waals surface area contributed by atoms with E-state index in [-0.39, 0.29) is 12.5 Å². The SMILES string of the molecule is Cc1ccc2cc(C(=O)N3CCN(CCO)CC3)ccc2n1. The van der Waals surface area contributed by atoms with E-state index in [1.54, 1.807) is 0 Å². The van der Waals surface area contributed by atoms with Crippen LogP contribution in [0.1, 0.15) is 16.1 Å². The molecule has 5 heteroatoms. The number of fused-ring (bicyclic) bond motifs is 1. The maximum absolute atomic E-state index is 12.6. The Labute approximate surface area is 130 Å². The molecule has 0 aliphatic carbocycles. The van der Waals surface area contributed by atoms with Gasteiger partial charge in [0.2, 0.25) is 0 Å². The van der Waals surface area contributed by atoms with Crippen molar-refractivity contribution in [2.24, 2.45) is 0 Å². The molecule has 1 aromatic heterocycles. The van der Waals surface area contributed by atoms with Gasteiger partial charge in [0, 0.05) is 49.4 Å². The van der Waals surface area contributed by atoms with Crippen molar-refractivity contribution in [3.05, 3.63) is 41.6 Å². The minimum atomic E-state index is 0.0751. The molecule has 0 spiro atoms. The Kier molecular flexibility index (Phi) is 4.36. The summed E-state index contributed by atoms with van der Waals surface area (Å²) in [7, 11) is 0. The predicted octanol–water partition coefficient (Wildman–Crippen LogP) is 1.29. The first-order chi connectivity index (χ1) is 10.7. The van der Waals surface area contributed by atoms with E-state index in [0.717, 1.165) is 29.7 Å². The Morgan fingerprint density at radius 1 is 1.18 bits per heavy atom. The highest BCUT2D eigenvalue weighted by Crippen LogP contribution is 2.17. The third-order valence-electron chi connectivity index (χ3n) is 4.15. The number of aromatic nitrogens is 1. The highest BCUT2D eigenvalue weighted by atomic mass is 16.3. The third-order valence-corrected chi connectivity index (χ3v) is 4.15. The second-order valence-corrected chi connectivity index (χ2v) is 5.72. The van der Waals surface area contributed by atoms with Crippen LogP contribution in [0.4, 0.5) is 0 Å². The maximum atomic E-state index is 12.6. The van der Waals surface area contributed by atoms with E-state index in [9.17, 15) is 4.79 Å². The number of hydrogen-bond donors (Lipinski definition) is 1. The topological polar surface area (TPSA) is 56.7 Å². The standard InChI is InChI=1S/C17H21N3O2/c1-13-2-3-14-12-15(4-5-16(14)18-13)17(22)20-8-6-19(7-9-20)10-11-21/h2-5,12,21H,6-11H2,1H3. The fourth-order valence-corrected chi connectivity index (χ4v) is 2.86. The number of aliphatic hydroxyl groups excluding tert-OH is 1. The minimum Gasteiger partial charge on any atom is -0.395 e. The van der Waals surface area contributed by atoms with Crippen LogP contribution in [0, 0.1) is 6.92 Å². The summed E-state index contributed by atoms with van der Waals surface area (Å²) in [6.45, 7) is 5.88. The van der Waals surface area contributed by atoms with Gasteiger partial charge in [0.05, 0.1) is 12.1 Å². The van der Waals surface area contributed by atoms with Crippen molar-refractivity contribution in [3.63, 3.8) is 0 Å². The molecule has 2 aromatic rings. The number of nitrogens with zero attached hydrogens (tertiary/aromatic N) is 3. The summed E-state index contributed by atoms with van der Waals surface area (Å²) in [6.07, 6.45) is 0. The van der Waals surface area contributed by atoms with Gasteiger partial charge in [0.25, 0.3) is 5.91 Å². The van der Waals surface area contributed by atoms with Gasteiger partial charge in [-0.2, -0.15) is 0 Å². The lowest BCUT2D eigenvalue weighted by Gasteiger charge is -2.34. The first-order valence-electron chi connectivity index (χ1n) is 7.67. The molecule has 1 aromatic carbocycles. The van der Waals surface area contributed by atoms with Crippen LogP contribution < -0.4 is 0 Å². The van der Waals surface area contributed by atoms with Crippen molar-refractivity contribution < 1.29 is 9.90 Å². The molecular weight excluding hydrogens is 278 g/mol. The number of carbonyl (C=O) groups is 1. The molecule has 0 atom stereocenters. The highest BCUT2D eigenvalue weighted by molar-refractivity contribution is 5.98. The van der Waals surface area contributed by atoms with E-state index in [4.69, 9.17) is 5.11 Å². The lowest BCUT2D eigenvalue weighted by molar-refractivity contribution is 0.0615. The molecule has 116 valence electrons. The molecule has 3 rings (SSSR count). The van der Waals surface area contributed by atoms with Crippen LogP contribution in [-0.4, -0.2) is 65.1 Å². The molecule has 1 N–H and O–H groups in total. The van der Waals surface area contributed by atoms with E-state index in [2.05, 4.69) is 9.88 Å². The number of β-amino-alcohol motifs (C(OH)–C–C–N with tert-alkyl or cyclic N) is 1. The fourth-order valence-electron chi connectivity index (χ4n) is 2.86. The molecule has 1 aliphatic heterocycles. The number of pyridine rings is 1. The Morgan fingerprint density at radius 3 is 2.68 bits per heavy atom. The number of carbonyl (C=O) groups excluding carboxylic acids is 1. The van der Waals surface area contributed by atoms with Crippen molar-refractivity contribution in [1.29, 1.82) is 0 Å². The van der Waals surface area contributed by atoms with E-state index < -0.39 is 0 Å². The van der Waals surface area contributed by atoms with Crippen molar-refractivity contribution in [2.75, 3.05) is 39.3 Å². The summed E-state index contributed by atoms with van der Waals surface area (Å²) >= 11 is 0. The summed E-state index contributed by atoms with van der Waals surface area (Å²) in [6, 6.07) is 9.66. The quantitative estimate of drug-likeness (QED) is 0.928. The first kappa shape index (κ1) is 14.9. The first-order valence-corrected chi connectivity index (χ1v) is 7.67. The number of benzene rings is 1. The van der Waals surface area contributed by atoms with Crippen molar-refractivity contribution in [2.45, 2.75) is 6.92 Å². The van der Waals surface area contributed by atoms with Crippen LogP contribution >= 0.6 is 0 Å². The van der Waals surface area contributed by atoms with Crippen LogP contribution in [0.25, 0.3) is 10.9 Å². The molecule has 1 saturated heterocycles. The van der Waals surface area contributed by atoms with Gasteiger partial charge >= 0.3 is 0 Å². The van der Waals surface area contributed by atoms with Gasteiger partial charge in [0.15, 0.2) is 0 Å². The number of hydrogen-bond acceptors (Lipinski definition) is 4. The predicted molar refractivity (Wildman–Crippen MR) is 85.9 cm³/mol.